The van der Waals surface area contributed by atoms with Gasteiger partial charge in [0.2, 0.25) is 10.0 Å². The summed E-state index contributed by atoms with van der Waals surface area (Å²) in [5.74, 6) is -0.423. The van der Waals surface area contributed by atoms with Crippen molar-refractivity contribution in [3.05, 3.63) is 76.6 Å². The van der Waals surface area contributed by atoms with Gasteiger partial charge in [0, 0.05) is 28.6 Å². The summed E-state index contributed by atoms with van der Waals surface area (Å²) in [5, 5.41) is 6.62. The molecule has 1 unspecified atom stereocenters. The lowest BCUT2D eigenvalue weighted by molar-refractivity contribution is -0.142. The first-order valence-electron chi connectivity index (χ1n) is 12.2. The molecular weight excluding hydrogens is 505 g/mol. The van der Waals surface area contributed by atoms with E-state index in [1.807, 2.05) is 6.92 Å². The number of nitrogens with zero attached hydrogens (tertiary/aromatic N) is 2. The fraction of sp³-hybridized carbons (Fsp3) is 0.385. The number of halogens is 3. The normalized spacial score (nSPS) is 14.7. The number of fused-ring (bicyclic) bond motifs is 1. The highest BCUT2D eigenvalue weighted by atomic mass is 32.2. The molecule has 1 heterocycles. The predicted molar refractivity (Wildman–Crippen MR) is 134 cm³/mol. The van der Waals surface area contributed by atoms with Gasteiger partial charge in [0.05, 0.1) is 11.4 Å². The summed E-state index contributed by atoms with van der Waals surface area (Å²) in [6.07, 6.45) is -1.44. The Balaban J connectivity index is 1.49. The third-order valence-electron chi connectivity index (χ3n) is 6.44. The lowest BCUT2D eigenvalue weighted by Gasteiger charge is -2.15. The number of hydrogen-bond donors (Lipinski definition) is 2. The average Bonchev–Trinajstić information content (AvgIpc) is 3.23. The van der Waals surface area contributed by atoms with Crippen LogP contribution in [0.4, 0.5) is 18.9 Å². The Kier molecular flexibility index (Phi) is 7.75. The van der Waals surface area contributed by atoms with Crippen molar-refractivity contribution in [1.29, 1.82) is 0 Å². The van der Waals surface area contributed by atoms with E-state index in [2.05, 4.69) is 15.1 Å². The van der Waals surface area contributed by atoms with Crippen molar-refractivity contribution in [2.45, 2.75) is 69.6 Å². The largest absolute Gasteiger partial charge is 0.435 e. The van der Waals surface area contributed by atoms with Gasteiger partial charge in [0.15, 0.2) is 5.69 Å². The first-order valence-corrected chi connectivity index (χ1v) is 13.6. The number of benzene rings is 2. The van der Waals surface area contributed by atoms with Gasteiger partial charge in [0.1, 0.15) is 0 Å². The second-order valence-electron chi connectivity index (χ2n) is 9.25. The quantitative estimate of drug-likeness (QED) is 0.418. The lowest BCUT2D eigenvalue weighted by Crippen LogP contribution is -2.31. The number of carbonyl (C=O) groups excluding carboxylic acids is 1. The molecule has 2 aromatic carbocycles. The van der Waals surface area contributed by atoms with Crippen LogP contribution < -0.4 is 10.0 Å². The zero-order valence-electron chi connectivity index (χ0n) is 20.6. The first kappa shape index (κ1) is 26.9. The molecule has 0 spiro atoms. The lowest BCUT2D eigenvalue weighted by atomic mass is 9.95. The molecule has 7 nitrogen and oxygen atoms in total. The summed E-state index contributed by atoms with van der Waals surface area (Å²) in [7, 11) is -3.66. The number of alkyl halides is 3. The summed E-state index contributed by atoms with van der Waals surface area (Å²) in [6, 6.07) is 12.3. The molecule has 0 bridgehead atoms. The van der Waals surface area contributed by atoms with Crippen molar-refractivity contribution in [3.8, 4) is 0 Å². The number of nitrogens with one attached hydrogen (secondary N) is 2. The third-order valence-corrected chi connectivity index (χ3v) is 8.04. The Hall–Kier alpha value is -3.18. The zero-order chi connectivity index (χ0) is 26.8. The van der Waals surface area contributed by atoms with Gasteiger partial charge in [-0.1, -0.05) is 19.1 Å². The average molecular weight is 535 g/mol. The van der Waals surface area contributed by atoms with E-state index in [4.69, 9.17) is 0 Å². The first-order chi connectivity index (χ1) is 17.5. The van der Waals surface area contributed by atoms with Crippen LogP contribution in [0.5, 0.6) is 0 Å². The summed E-state index contributed by atoms with van der Waals surface area (Å²) >= 11 is 0. The topological polar surface area (TPSA) is 93.1 Å². The zero-order valence-corrected chi connectivity index (χ0v) is 21.4. The molecule has 37 heavy (non-hydrogen) atoms. The van der Waals surface area contributed by atoms with Crippen LogP contribution in [0.2, 0.25) is 0 Å². The van der Waals surface area contributed by atoms with Gasteiger partial charge >= 0.3 is 6.18 Å². The molecule has 1 aromatic heterocycles. The fourth-order valence-corrected chi connectivity index (χ4v) is 5.68. The Morgan fingerprint density at radius 2 is 1.81 bits per heavy atom. The van der Waals surface area contributed by atoms with Gasteiger partial charge in [-0.2, -0.15) is 18.3 Å². The smallest absolute Gasteiger partial charge is 0.322 e. The van der Waals surface area contributed by atoms with E-state index in [0.29, 0.717) is 48.2 Å². The minimum Gasteiger partial charge on any atom is -0.322 e. The van der Waals surface area contributed by atoms with E-state index in [0.717, 1.165) is 6.42 Å². The number of carbonyl (C=O) groups is 1. The Morgan fingerprint density at radius 3 is 2.49 bits per heavy atom. The van der Waals surface area contributed by atoms with Gasteiger partial charge in [-0.05, 0) is 81.0 Å². The van der Waals surface area contributed by atoms with Crippen molar-refractivity contribution in [2.24, 2.45) is 0 Å². The number of amides is 1. The van der Waals surface area contributed by atoms with Crippen LogP contribution in [-0.4, -0.2) is 30.1 Å². The van der Waals surface area contributed by atoms with Crippen LogP contribution in [0, 0.1) is 0 Å². The monoisotopic (exact) mass is 534 g/mol. The summed E-state index contributed by atoms with van der Waals surface area (Å²) < 4.78 is 69.3. The molecule has 1 amide bonds. The molecule has 4 rings (SSSR count). The molecule has 0 radical (unpaired) electrons. The van der Waals surface area contributed by atoms with Crippen LogP contribution in [-0.2, 0) is 35.6 Å². The standard InChI is InChI=1S/C26H29F3N4O3S/c1-3-17(2)32-37(35,36)21-13-11-20(12-14-21)30-25(34)19-8-6-7-18(15-19)16-33-23-10-5-4-9-22(23)24(31-33)26(27,28)29/h6-8,11-15,17,32H,3-5,9-10,16H2,1-2H3,(H,30,34). The maximum Gasteiger partial charge on any atom is 0.435 e. The van der Waals surface area contributed by atoms with Gasteiger partial charge < -0.3 is 5.32 Å². The molecule has 1 aliphatic carbocycles. The summed E-state index contributed by atoms with van der Waals surface area (Å²) in [6.45, 7) is 3.77. The minimum absolute atomic E-state index is 0.0913. The Labute approximate surface area is 214 Å². The second kappa shape index (κ2) is 10.7. The molecule has 3 aromatic rings. The van der Waals surface area contributed by atoms with Crippen LogP contribution in [0.25, 0.3) is 0 Å². The van der Waals surface area contributed by atoms with Gasteiger partial charge in [-0.3, -0.25) is 9.48 Å². The second-order valence-corrected chi connectivity index (χ2v) is 11.0. The number of sulfonamides is 1. The molecular formula is C26H29F3N4O3S. The van der Waals surface area contributed by atoms with Gasteiger partial charge in [0.25, 0.3) is 5.91 Å². The van der Waals surface area contributed by atoms with Crippen LogP contribution in [0.1, 0.15) is 66.0 Å². The van der Waals surface area contributed by atoms with Gasteiger partial charge in [-0.15, -0.1) is 0 Å². The third kappa shape index (κ3) is 6.22. The maximum absolute atomic E-state index is 13.5. The molecule has 0 aliphatic heterocycles. The van der Waals surface area contributed by atoms with Crippen molar-refractivity contribution >= 4 is 21.6 Å². The number of aromatic nitrogens is 2. The molecule has 198 valence electrons. The van der Waals surface area contributed by atoms with Crippen molar-refractivity contribution in [1.82, 2.24) is 14.5 Å². The van der Waals surface area contributed by atoms with Crippen molar-refractivity contribution < 1.29 is 26.4 Å². The van der Waals surface area contributed by atoms with Gasteiger partial charge in [-0.25, -0.2) is 13.1 Å². The minimum atomic E-state index is -4.51. The number of anilines is 1. The van der Waals surface area contributed by atoms with E-state index in [9.17, 15) is 26.4 Å². The Morgan fingerprint density at radius 1 is 1.11 bits per heavy atom. The summed E-state index contributed by atoms with van der Waals surface area (Å²) in [5.41, 5.74) is 1.44. The van der Waals surface area contributed by atoms with E-state index < -0.39 is 27.8 Å². The molecule has 1 aliphatic rings. The highest BCUT2D eigenvalue weighted by Gasteiger charge is 2.39. The Bertz CT molecular complexity index is 1380. The molecule has 0 saturated heterocycles. The van der Waals surface area contributed by atoms with Crippen LogP contribution in [0.15, 0.2) is 53.4 Å². The summed E-state index contributed by atoms with van der Waals surface area (Å²) in [4.78, 5) is 12.9. The SMILES string of the molecule is CCC(C)NS(=O)(=O)c1ccc(NC(=O)c2cccc(Cn3nc(C(F)(F)F)c4c3CCCC4)c2)cc1. The van der Waals surface area contributed by atoms with E-state index >= 15 is 0 Å². The van der Waals surface area contributed by atoms with E-state index in [1.165, 1.54) is 28.9 Å². The molecule has 2 N–H and O–H groups in total. The predicted octanol–water partition coefficient (Wildman–Crippen LogP) is 5.16. The van der Waals surface area contributed by atoms with Crippen molar-refractivity contribution in [3.63, 3.8) is 0 Å². The van der Waals surface area contributed by atoms with Crippen LogP contribution in [0.3, 0.4) is 0 Å². The molecule has 1 atom stereocenters. The molecule has 11 heteroatoms. The van der Waals surface area contributed by atoms with Crippen molar-refractivity contribution in [2.75, 3.05) is 5.32 Å². The highest BCUT2D eigenvalue weighted by molar-refractivity contribution is 7.89. The number of hydrogen-bond acceptors (Lipinski definition) is 4. The molecule has 0 fully saturated rings. The number of rotatable bonds is 8. The highest BCUT2D eigenvalue weighted by Crippen LogP contribution is 2.36. The molecule has 0 saturated carbocycles. The van der Waals surface area contributed by atoms with E-state index in [-0.39, 0.29) is 23.0 Å². The van der Waals surface area contributed by atoms with Crippen LogP contribution >= 0.6 is 0 Å². The van der Waals surface area contributed by atoms with E-state index in [1.54, 1.807) is 31.2 Å². The maximum atomic E-state index is 13.5. The fourth-order valence-electron chi connectivity index (χ4n) is 4.35.